The van der Waals surface area contributed by atoms with Gasteiger partial charge in [-0.1, -0.05) is 19.8 Å². The number of sulfone groups is 1. The Balaban J connectivity index is 2.48. The number of benzene rings is 1. The Kier molecular flexibility index (Phi) is 5.34. The second-order valence-corrected chi connectivity index (χ2v) is 7.76. The van der Waals surface area contributed by atoms with Crippen LogP contribution in [-0.2, 0) is 9.84 Å². The van der Waals surface area contributed by atoms with Crippen molar-refractivity contribution in [2.75, 3.05) is 20.0 Å². The van der Waals surface area contributed by atoms with Crippen LogP contribution in [0.5, 0.6) is 11.5 Å². The summed E-state index contributed by atoms with van der Waals surface area (Å²) in [5.41, 5.74) is 0.747. The maximum atomic E-state index is 12.7. The van der Waals surface area contributed by atoms with E-state index in [1.807, 2.05) is 6.92 Å². The predicted octanol–water partition coefficient (Wildman–Crippen LogP) is 2.70. The van der Waals surface area contributed by atoms with E-state index >= 15 is 0 Å². The Morgan fingerprint density at radius 3 is 2.45 bits per heavy atom. The van der Waals surface area contributed by atoms with Crippen LogP contribution in [-0.4, -0.2) is 34.4 Å². The zero-order valence-electron chi connectivity index (χ0n) is 13.7. The van der Waals surface area contributed by atoms with Gasteiger partial charge in [0.2, 0.25) is 0 Å². The molecule has 0 aliphatic carbocycles. The molecule has 1 aliphatic heterocycles. The third-order valence-corrected chi connectivity index (χ3v) is 5.99. The maximum Gasteiger partial charge on any atom is 0.180 e. The molecule has 0 radical (unpaired) electrons. The highest BCUT2D eigenvalue weighted by Gasteiger charge is 2.32. The summed E-state index contributed by atoms with van der Waals surface area (Å²) >= 11 is 0. The van der Waals surface area contributed by atoms with Crippen molar-refractivity contribution in [2.24, 2.45) is 0 Å². The molecule has 0 aromatic heterocycles. The summed E-state index contributed by atoms with van der Waals surface area (Å²) in [7, 11) is -0.280. The van der Waals surface area contributed by atoms with Crippen LogP contribution in [0.25, 0.3) is 0 Å². The van der Waals surface area contributed by atoms with Crippen molar-refractivity contribution < 1.29 is 17.9 Å². The summed E-state index contributed by atoms with van der Waals surface area (Å²) in [6.45, 7) is 4.10. The topological polar surface area (TPSA) is 64.6 Å². The van der Waals surface area contributed by atoms with Gasteiger partial charge < -0.3 is 14.8 Å². The molecule has 1 aromatic rings. The van der Waals surface area contributed by atoms with Gasteiger partial charge in [-0.15, -0.1) is 0 Å². The summed E-state index contributed by atoms with van der Waals surface area (Å²) in [6, 6.07) is 3.29. The van der Waals surface area contributed by atoms with Crippen LogP contribution in [0.4, 0.5) is 0 Å². The monoisotopic (exact) mass is 327 g/mol. The first kappa shape index (κ1) is 17.1. The molecular weight excluding hydrogens is 302 g/mol. The molecule has 0 saturated heterocycles. The van der Waals surface area contributed by atoms with Crippen molar-refractivity contribution in [1.82, 2.24) is 5.32 Å². The number of methoxy groups -OCH3 is 2. The van der Waals surface area contributed by atoms with Crippen LogP contribution in [0.1, 0.15) is 44.7 Å². The number of hydrogen-bond donors (Lipinski definition) is 1. The van der Waals surface area contributed by atoms with Gasteiger partial charge >= 0.3 is 0 Å². The summed E-state index contributed by atoms with van der Waals surface area (Å²) < 4.78 is 36.0. The van der Waals surface area contributed by atoms with E-state index in [1.54, 1.807) is 19.2 Å². The lowest BCUT2D eigenvalue weighted by molar-refractivity contribution is 0.352. The molecule has 2 rings (SSSR count). The average molecular weight is 327 g/mol. The van der Waals surface area contributed by atoms with Crippen molar-refractivity contribution in [2.45, 2.75) is 50.1 Å². The highest BCUT2D eigenvalue weighted by Crippen LogP contribution is 2.37. The smallest absolute Gasteiger partial charge is 0.180 e. The van der Waals surface area contributed by atoms with Crippen LogP contribution in [0.2, 0.25) is 0 Å². The van der Waals surface area contributed by atoms with Gasteiger partial charge in [0.05, 0.1) is 24.9 Å². The normalized spacial score (nSPS) is 23.5. The summed E-state index contributed by atoms with van der Waals surface area (Å²) in [5, 5.41) is 3.44. The molecule has 124 valence electrons. The summed E-state index contributed by atoms with van der Waals surface area (Å²) in [5.74, 6) is 1.13. The van der Waals surface area contributed by atoms with E-state index in [9.17, 15) is 8.42 Å². The van der Waals surface area contributed by atoms with E-state index in [0.717, 1.165) is 24.8 Å². The molecule has 1 N–H and O–H groups in total. The predicted molar refractivity (Wildman–Crippen MR) is 86.5 cm³/mol. The fourth-order valence-electron chi connectivity index (χ4n) is 2.95. The Bertz CT molecular complexity index is 627. The Labute approximate surface area is 132 Å². The maximum absolute atomic E-state index is 12.7. The standard InChI is InChI=1S/C16H25NO4S/c1-5-6-7-12-10-22(18,19)16-9-15(21-4)14(20-3)8-13(16)11(2)17-12/h8-9,11-12,17H,5-7,10H2,1-4H3/t11-,12-/m1/s1. The first-order chi connectivity index (χ1) is 10.4. The fraction of sp³-hybridized carbons (Fsp3) is 0.625. The molecule has 2 atom stereocenters. The third-order valence-electron chi connectivity index (χ3n) is 4.13. The summed E-state index contributed by atoms with van der Waals surface area (Å²) in [6.07, 6.45) is 2.94. The van der Waals surface area contributed by atoms with Crippen molar-refractivity contribution in [3.05, 3.63) is 17.7 Å². The molecule has 0 bridgehead atoms. The Morgan fingerprint density at radius 2 is 1.86 bits per heavy atom. The van der Waals surface area contributed by atoms with Crippen molar-refractivity contribution in [1.29, 1.82) is 0 Å². The zero-order chi connectivity index (χ0) is 16.3. The van der Waals surface area contributed by atoms with E-state index in [2.05, 4.69) is 12.2 Å². The van der Waals surface area contributed by atoms with E-state index in [-0.39, 0.29) is 17.8 Å². The van der Waals surface area contributed by atoms with Gasteiger partial charge in [0.25, 0.3) is 0 Å². The second kappa shape index (κ2) is 6.87. The largest absolute Gasteiger partial charge is 0.493 e. The second-order valence-electron chi connectivity index (χ2n) is 5.75. The highest BCUT2D eigenvalue weighted by molar-refractivity contribution is 7.91. The minimum Gasteiger partial charge on any atom is -0.493 e. The van der Waals surface area contributed by atoms with Gasteiger partial charge in [0, 0.05) is 18.2 Å². The molecular formula is C16H25NO4S. The van der Waals surface area contributed by atoms with Gasteiger partial charge in [-0.3, -0.25) is 0 Å². The van der Waals surface area contributed by atoms with Crippen molar-refractivity contribution >= 4 is 9.84 Å². The van der Waals surface area contributed by atoms with Gasteiger partial charge in [-0.2, -0.15) is 0 Å². The lowest BCUT2D eigenvalue weighted by atomic mass is 10.0. The first-order valence-electron chi connectivity index (χ1n) is 7.67. The van der Waals surface area contributed by atoms with Crippen LogP contribution in [0.15, 0.2) is 17.0 Å². The van der Waals surface area contributed by atoms with E-state index in [4.69, 9.17) is 9.47 Å². The number of ether oxygens (including phenoxy) is 2. The highest BCUT2D eigenvalue weighted by atomic mass is 32.2. The van der Waals surface area contributed by atoms with Crippen LogP contribution < -0.4 is 14.8 Å². The van der Waals surface area contributed by atoms with Crippen molar-refractivity contribution in [3.8, 4) is 11.5 Å². The average Bonchev–Trinajstić information content (AvgIpc) is 2.58. The SMILES string of the molecule is CCCC[C@@H]1CS(=O)(=O)c2cc(OC)c(OC)cc2[C@@H](C)N1. The van der Waals surface area contributed by atoms with E-state index < -0.39 is 9.84 Å². The molecule has 6 heteroatoms. The molecule has 0 unspecified atom stereocenters. The minimum atomic E-state index is -3.35. The molecule has 1 aliphatic rings. The first-order valence-corrected chi connectivity index (χ1v) is 9.32. The Morgan fingerprint density at radius 1 is 1.23 bits per heavy atom. The lowest BCUT2D eigenvalue weighted by Gasteiger charge is -2.20. The lowest BCUT2D eigenvalue weighted by Crippen LogP contribution is -2.34. The number of hydrogen-bond acceptors (Lipinski definition) is 5. The van der Waals surface area contributed by atoms with Crippen molar-refractivity contribution in [3.63, 3.8) is 0 Å². The van der Waals surface area contributed by atoms with Crippen LogP contribution >= 0.6 is 0 Å². The Hall–Kier alpha value is -1.27. The number of fused-ring (bicyclic) bond motifs is 1. The molecule has 0 spiro atoms. The van der Waals surface area contributed by atoms with E-state index in [0.29, 0.717) is 16.4 Å². The molecule has 0 saturated carbocycles. The number of rotatable bonds is 5. The number of nitrogens with one attached hydrogen (secondary N) is 1. The van der Waals surface area contributed by atoms with Gasteiger partial charge in [-0.05, 0) is 25.0 Å². The van der Waals surface area contributed by atoms with E-state index in [1.165, 1.54) is 7.11 Å². The molecule has 5 nitrogen and oxygen atoms in total. The van der Waals surface area contributed by atoms with Crippen LogP contribution in [0, 0.1) is 0 Å². The molecule has 0 amide bonds. The van der Waals surface area contributed by atoms with Gasteiger partial charge in [0.1, 0.15) is 0 Å². The summed E-state index contributed by atoms with van der Waals surface area (Å²) in [4.78, 5) is 0.351. The third kappa shape index (κ3) is 3.38. The minimum absolute atomic E-state index is 0.0238. The molecule has 1 heterocycles. The van der Waals surface area contributed by atoms with Crippen LogP contribution in [0.3, 0.4) is 0 Å². The fourth-order valence-corrected chi connectivity index (χ4v) is 4.80. The van der Waals surface area contributed by atoms with Gasteiger partial charge in [-0.25, -0.2) is 8.42 Å². The zero-order valence-corrected chi connectivity index (χ0v) is 14.5. The molecule has 0 fully saturated rings. The molecule has 22 heavy (non-hydrogen) atoms. The number of unbranched alkanes of at least 4 members (excludes halogenated alkanes) is 1. The quantitative estimate of drug-likeness (QED) is 0.901. The molecule has 1 aromatic carbocycles. The van der Waals surface area contributed by atoms with Gasteiger partial charge in [0.15, 0.2) is 21.3 Å².